The molecule has 1 fully saturated rings. The highest BCUT2D eigenvalue weighted by atomic mass is 127. The van der Waals surface area contributed by atoms with Crippen LogP contribution in [0.1, 0.15) is 31.4 Å². The normalized spacial score (nSPS) is 18.8. The van der Waals surface area contributed by atoms with Gasteiger partial charge in [0.15, 0.2) is 5.96 Å². The third kappa shape index (κ3) is 7.45. The largest absolute Gasteiger partial charge is 0.376 e. The van der Waals surface area contributed by atoms with Crippen molar-refractivity contribution in [3.63, 3.8) is 0 Å². The summed E-state index contributed by atoms with van der Waals surface area (Å²) in [5.41, 5.74) is 0.929. The van der Waals surface area contributed by atoms with Crippen molar-refractivity contribution in [1.82, 2.24) is 15.5 Å². The van der Waals surface area contributed by atoms with E-state index in [9.17, 15) is 4.39 Å². The number of hydrogen-bond acceptors (Lipinski definition) is 3. The van der Waals surface area contributed by atoms with E-state index in [-0.39, 0.29) is 41.9 Å². The first-order valence-corrected chi connectivity index (χ1v) is 8.65. The maximum Gasteiger partial charge on any atom is 0.191 e. The Morgan fingerprint density at radius 1 is 1.40 bits per heavy atom. The summed E-state index contributed by atoms with van der Waals surface area (Å²) >= 11 is 0. The van der Waals surface area contributed by atoms with Crippen LogP contribution in [0.25, 0.3) is 0 Å². The molecule has 1 aliphatic heterocycles. The van der Waals surface area contributed by atoms with Gasteiger partial charge in [0.2, 0.25) is 0 Å². The molecular weight excluding hydrogens is 434 g/mol. The Hall–Kier alpha value is -0.930. The summed E-state index contributed by atoms with van der Waals surface area (Å²) in [7, 11) is 3.97. The number of ether oxygens (including phenoxy) is 1. The minimum Gasteiger partial charge on any atom is -0.376 e. The van der Waals surface area contributed by atoms with E-state index in [2.05, 4.69) is 20.5 Å². The van der Waals surface area contributed by atoms with Gasteiger partial charge in [-0.15, -0.1) is 24.0 Å². The monoisotopic (exact) mass is 464 g/mol. The Bertz CT molecular complexity index is 536. The Labute approximate surface area is 167 Å². The van der Waals surface area contributed by atoms with Gasteiger partial charge in [0.05, 0.1) is 18.7 Å². The summed E-state index contributed by atoms with van der Waals surface area (Å²) < 4.78 is 19.1. The zero-order valence-electron chi connectivity index (χ0n) is 15.3. The third-order valence-corrected chi connectivity index (χ3v) is 4.14. The molecule has 1 saturated heterocycles. The summed E-state index contributed by atoms with van der Waals surface area (Å²) in [6.07, 6.45) is 2.49. The first kappa shape index (κ1) is 22.1. The molecule has 5 nitrogen and oxygen atoms in total. The second kappa shape index (κ2) is 11.6. The molecule has 0 aliphatic carbocycles. The van der Waals surface area contributed by atoms with Gasteiger partial charge in [-0.3, -0.25) is 4.99 Å². The smallest absolute Gasteiger partial charge is 0.191 e. The lowest BCUT2D eigenvalue weighted by Crippen LogP contribution is -2.41. The van der Waals surface area contributed by atoms with E-state index in [0.29, 0.717) is 6.54 Å². The van der Waals surface area contributed by atoms with Gasteiger partial charge in [-0.25, -0.2) is 4.39 Å². The van der Waals surface area contributed by atoms with Crippen LogP contribution >= 0.6 is 24.0 Å². The van der Waals surface area contributed by atoms with Crippen LogP contribution in [0.4, 0.5) is 4.39 Å². The lowest BCUT2D eigenvalue weighted by atomic mass is 10.1. The third-order valence-electron chi connectivity index (χ3n) is 4.14. The first-order valence-electron chi connectivity index (χ1n) is 8.65. The predicted molar refractivity (Wildman–Crippen MR) is 111 cm³/mol. The molecule has 0 amide bonds. The van der Waals surface area contributed by atoms with Crippen LogP contribution in [-0.4, -0.2) is 57.3 Å². The van der Waals surface area contributed by atoms with Crippen LogP contribution in [-0.2, 0) is 4.74 Å². The van der Waals surface area contributed by atoms with Gasteiger partial charge in [-0.1, -0.05) is 12.1 Å². The number of nitrogens with one attached hydrogen (secondary N) is 2. The second-order valence-corrected chi connectivity index (χ2v) is 6.27. The highest BCUT2D eigenvalue weighted by Gasteiger charge is 2.17. The first-order chi connectivity index (χ1) is 11.6. The quantitative estimate of drug-likeness (QED) is 0.370. The Morgan fingerprint density at radius 3 is 2.80 bits per heavy atom. The molecule has 1 aromatic carbocycles. The van der Waals surface area contributed by atoms with Crippen LogP contribution in [0, 0.1) is 5.82 Å². The minimum atomic E-state index is -0.216. The van der Waals surface area contributed by atoms with Gasteiger partial charge >= 0.3 is 0 Å². The molecule has 2 rings (SSSR count). The van der Waals surface area contributed by atoms with Gasteiger partial charge in [0.1, 0.15) is 5.82 Å². The SMILES string of the molecule is CCNC(=NCC(c1cccc(F)c1)N(C)C)NCC1CCCO1.I. The molecule has 0 radical (unpaired) electrons. The van der Waals surface area contributed by atoms with E-state index in [4.69, 9.17) is 4.74 Å². The lowest BCUT2D eigenvalue weighted by Gasteiger charge is -2.24. The molecule has 0 saturated carbocycles. The number of rotatable bonds is 7. The summed E-state index contributed by atoms with van der Waals surface area (Å²) in [5, 5.41) is 6.60. The summed E-state index contributed by atoms with van der Waals surface area (Å²) in [6.45, 7) is 5.00. The van der Waals surface area contributed by atoms with E-state index in [0.717, 1.165) is 44.1 Å². The number of likely N-dealkylation sites (N-methyl/N-ethyl adjacent to an activating group) is 1. The van der Waals surface area contributed by atoms with Gasteiger partial charge in [0, 0.05) is 19.7 Å². The van der Waals surface area contributed by atoms with Crippen molar-refractivity contribution in [2.75, 3.05) is 40.3 Å². The molecule has 2 atom stereocenters. The minimum absolute atomic E-state index is 0. The molecule has 7 heteroatoms. The maximum absolute atomic E-state index is 13.5. The molecule has 0 aromatic heterocycles. The standard InChI is InChI=1S/C18H29FN4O.HI/c1-4-20-18(21-12-16-9-6-10-24-16)22-13-17(23(2)3)14-7-5-8-15(19)11-14;/h5,7-8,11,16-17H,4,6,9-10,12-13H2,1-3H3,(H2,20,21,22);1H. The predicted octanol–water partition coefficient (Wildman–Crippen LogP) is 2.78. The highest BCUT2D eigenvalue weighted by Crippen LogP contribution is 2.19. The van der Waals surface area contributed by atoms with Crippen LogP contribution in [0.2, 0.25) is 0 Å². The molecule has 25 heavy (non-hydrogen) atoms. The fourth-order valence-electron chi connectivity index (χ4n) is 2.82. The maximum atomic E-state index is 13.5. The zero-order valence-corrected chi connectivity index (χ0v) is 17.6. The van der Waals surface area contributed by atoms with Crippen molar-refractivity contribution < 1.29 is 9.13 Å². The van der Waals surface area contributed by atoms with E-state index in [1.807, 2.05) is 27.1 Å². The number of benzene rings is 1. The van der Waals surface area contributed by atoms with Crippen molar-refractivity contribution in [2.24, 2.45) is 4.99 Å². The van der Waals surface area contributed by atoms with Crippen molar-refractivity contribution in [3.8, 4) is 0 Å². The molecule has 2 N–H and O–H groups in total. The fraction of sp³-hybridized carbons (Fsp3) is 0.611. The van der Waals surface area contributed by atoms with Crippen LogP contribution < -0.4 is 10.6 Å². The summed E-state index contributed by atoms with van der Waals surface area (Å²) in [4.78, 5) is 6.73. The molecule has 1 heterocycles. The molecule has 142 valence electrons. The number of hydrogen-bond donors (Lipinski definition) is 2. The Kier molecular flexibility index (Phi) is 10.3. The van der Waals surface area contributed by atoms with Gasteiger partial charge in [-0.2, -0.15) is 0 Å². The van der Waals surface area contributed by atoms with Crippen molar-refractivity contribution >= 4 is 29.9 Å². The van der Waals surface area contributed by atoms with E-state index >= 15 is 0 Å². The molecule has 0 bridgehead atoms. The van der Waals surface area contributed by atoms with Crippen molar-refractivity contribution in [1.29, 1.82) is 0 Å². The van der Waals surface area contributed by atoms with Gasteiger partial charge in [-0.05, 0) is 51.6 Å². The Morgan fingerprint density at radius 2 is 2.20 bits per heavy atom. The van der Waals surface area contributed by atoms with E-state index in [1.165, 1.54) is 6.07 Å². The van der Waals surface area contributed by atoms with Crippen LogP contribution in [0.5, 0.6) is 0 Å². The number of halogens is 2. The Balaban J connectivity index is 0.00000312. The molecule has 1 aliphatic rings. The molecule has 0 spiro atoms. The lowest BCUT2D eigenvalue weighted by molar-refractivity contribution is 0.114. The van der Waals surface area contributed by atoms with Gasteiger partial charge < -0.3 is 20.3 Å². The number of aliphatic imine (C=N–C) groups is 1. The number of nitrogens with zero attached hydrogens (tertiary/aromatic N) is 2. The van der Waals surface area contributed by atoms with E-state index < -0.39 is 0 Å². The van der Waals surface area contributed by atoms with Crippen molar-refractivity contribution in [2.45, 2.75) is 31.9 Å². The van der Waals surface area contributed by atoms with Crippen LogP contribution in [0.15, 0.2) is 29.3 Å². The average molecular weight is 464 g/mol. The molecule has 1 aromatic rings. The summed E-state index contributed by atoms with van der Waals surface area (Å²) in [5.74, 6) is 0.558. The topological polar surface area (TPSA) is 48.9 Å². The number of guanidine groups is 1. The average Bonchev–Trinajstić information content (AvgIpc) is 3.06. The highest BCUT2D eigenvalue weighted by molar-refractivity contribution is 14.0. The van der Waals surface area contributed by atoms with Crippen LogP contribution in [0.3, 0.4) is 0 Å². The van der Waals surface area contributed by atoms with E-state index in [1.54, 1.807) is 12.1 Å². The fourth-order valence-corrected chi connectivity index (χ4v) is 2.82. The second-order valence-electron chi connectivity index (χ2n) is 6.27. The van der Waals surface area contributed by atoms with Gasteiger partial charge in [0.25, 0.3) is 0 Å². The summed E-state index contributed by atoms with van der Waals surface area (Å²) in [6, 6.07) is 6.75. The van der Waals surface area contributed by atoms with Crippen molar-refractivity contribution in [3.05, 3.63) is 35.6 Å². The zero-order chi connectivity index (χ0) is 17.4. The molecular formula is C18H30FIN4O. The molecule has 2 unspecified atom stereocenters.